The summed E-state index contributed by atoms with van der Waals surface area (Å²) in [6, 6.07) is 6.87. The number of carbonyl (C=O) groups is 3. The molecule has 2 N–H and O–H groups in total. The van der Waals surface area contributed by atoms with Gasteiger partial charge in [-0.1, -0.05) is 31.0 Å². The molecule has 10 nitrogen and oxygen atoms in total. The molecule has 2 aromatic rings. The minimum absolute atomic E-state index is 0.00235. The summed E-state index contributed by atoms with van der Waals surface area (Å²) < 4.78 is 29.0. The summed E-state index contributed by atoms with van der Waals surface area (Å²) >= 11 is 0. The Morgan fingerprint density at radius 1 is 1.12 bits per heavy atom. The van der Waals surface area contributed by atoms with Crippen LogP contribution >= 0.6 is 0 Å². The number of aromatic nitrogens is 2. The highest BCUT2D eigenvalue weighted by molar-refractivity contribution is 7.91. The van der Waals surface area contributed by atoms with Crippen molar-refractivity contribution in [3.8, 4) is 0 Å². The van der Waals surface area contributed by atoms with Crippen LogP contribution in [0.4, 0.5) is 0 Å². The van der Waals surface area contributed by atoms with Gasteiger partial charge >= 0.3 is 5.97 Å². The van der Waals surface area contributed by atoms with Crippen LogP contribution in [0.1, 0.15) is 49.0 Å². The van der Waals surface area contributed by atoms with Crippen LogP contribution in [-0.2, 0) is 24.2 Å². The first kappa shape index (κ1) is 23.2. The molecule has 2 amide bonds. The van der Waals surface area contributed by atoms with E-state index in [4.69, 9.17) is 4.74 Å². The lowest BCUT2D eigenvalue weighted by atomic mass is 10.1. The van der Waals surface area contributed by atoms with E-state index in [1.165, 1.54) is 0 Å². The van der Waals surface area contributed by atoms with Crippen molar-refractivity contribution in [1.82, 2.24) is 20.4 Å². The van der Waals surface area contributed by atoms with Gasteiger partial charge in [-0.3, -0.25) is 19.5 Å². The standard InChI is InChI=1S/C22H28N4O6S/c27-19(26(15-5-1-2-6-15)16-10-12-33(30,31)14-16)13-32-20(28)9-11-23-22(29)21-17-7-3-4-8-18(17)24-25-21/h3-4,7-8,15-16H,1-2,5-6,9-14H2,(H,23,29)(H,24,25). The van der Waals surface area contributed by atoms with Gasteiger partial charge in [-0.15, -0.1) is 0 Å². The van der Waals surface area contributed by atoms with Crippen molar-refractivity contribution >= 4 is 38.5 Å². The fourth-order valence-corrected chi connectivity index (χ4v) is 6.38. The molecule has 0 spiro atoms. The lowest BCUT2D eigenvalue weighted by molar-refractivity contribution is -0.154. The molecule has 11 heteroatoms. The number of ether oxygens (including phenoxy) is 1. The SMILES string of the molecule is O=C(CCNC(=O)c1n[nH]c2ccccc12)OCC(=O)N(C1CCCC1)C1CCS(=O)(=O)C1. The van der Waals surface area contributed by atoms with E-state index in [2.05, 4.69) is 15.5 Å². The number of aromatic amines is 1. The highest BCUT2D eigenvalue weighted by atomic mass is 32.2. The normalized spacial score (nSPS) is 20.1. The van der Waals surface area contributed by atoms with Gasteiger partial charge in [0, 0.05) is 24.0 Å². The van der Waals surface area contributed by atoms with Crippen molar-refractivity contribution in [3.05, 3.63) is 30.0 Å². The zero-order chi connectivity index (χ0) is 23.4. The van der Waals surface area contributed by atoms with Crippen LogP contribution in [0, 0.1) is 0 Å². The summed E-state index contributed by atoms with van der Waals surface area (Å²) in [5.74, 6) is -1.33. The van der Waals surface area contributed by atoms with Gasteiger partial charge in [0.05, 0.1) is 23.4 Å². The van der Waals surface area contributed by atoms with Gasteiger partial charge in [0.25, 0.3) is 11.8 Å². The molecular weight excluding hydrogens is 448 g/mol. The molecule has 1 atom stereocenters. The first-order valence-electron chi connectivity index (χ1n) is 11.2. The highest BCUT2D eigenvalue weighted by Gasteiger charge is 2.39. The predicted octanol–water partition coefficient (Wildman–Crippen LogP) is 1.18. The predicted molar refractivity (Wildman–Crippen MR) is 120 cm³/mol. The molecule has 2 heterocycles. The van der Waals surface area contributed by atoms with Crippen LogP contribution in [0.5, 0.6) is 0 Å². The number of esters is 1. The first-order chi connectivity index (χ1) is 15.8. The van der Waals surface area contributed by atoms with Crippen molar-refractivity contribution in [2.75, 3.05) is 24.7 Å². The fourth-order valence-electron chi connectivity index (χ4n) is 4.67. The first-order valence-corrected chi connectivity index (χ1v) is 13.0. The summed E-state index contributed by atoms with van der Waals surface area (Å²) in [5.41, 5.74) is 0.982. The van der Waals surface area contributed by atoms with Crippen molar-refractivity contribution in [2.45, 2.75) is 50.6 Å². The topological polar surface area (TPSA) is 139 Å². The molecular formula is C22H28N4O6S. The molecule has 1 aliphatic carbocycles. The zero-order valence-electron chi connectivity index (χ0n) is 18.3. The molecule has 33 heavy (non-hydrogen) atoms. The van der Waals surface area contributed by atoms with Crippen molar-refractivity contribution in [3.63, 3.8) is 0 Å². The fraction of sp³-hybridized carbons (Fsp3) is 0.545. The van der Waals surface area contributed by atoms with Gasteiger partial charge in [-0.05, 0) is 25.3 Å². The molecule has 1 saturated carbocycles. The van der Waals surface area contributed by atoms with Crippen LogP contribution < -0.4 is 5.32 Å². The van der Waals surface area contributed by atoms with Crippen LogP contribution in [-0.4, -0.2) is 78.0 Å². The van der Waals surface area contributed by atoms with Gasteiger partial charge in [0.15, 0.2) is 22.1 Å². The molecule has 1 aromatic carbocycles. The Morgan fingerprint density at radius 2 is 1.88 bits per heavy atom. The van der Waals surface area contributed by atoms with E-state index in [-0.39, 0.29) is 48.2 Å². The Bertz CT molecular complexity index is 1140. The Labute approximate surface area is 192 Å². The molecule has 1 aromatic heterocycles. The molecule has 1 aliphatic heterocycles. The minimum Gasteiger partial charge on any atom is -0.456 e. The smallest absolute Gasteiger partial charge is 0.308 e. The van der Waals surface area contributed by atoms with Crippen molar-refractivity contribution in [1.29, 1.82) is 0 Å². The molecule has 1 unspecified atom stereocenters. The number of nitrogens with one attached hydrogen (secondary N) is 2. The van der Waals surface area contributed by atoms with E-state index in [0.29, 0.717) is 11.8 Å². The maximum atomic E-state index is 12.9. The Hall–Kier alpha value is -2.95. The largest absolute Gasteiger partial charge is 0.456 e. The van der Waals surface area contributed by atoms with Gasteiger partial charge in [-0.2, -0.15) is 5.10 Å². The monoisotopic (exact) mass is 476 g/mol. The Morgan fingerprint density at radius 3 is 2.61 bits per heavy atom. The van der Waals surface area contributed by atoms with Gasteiger partial charge in [-0.25, -0.2) is 8.42 Å². The summed E-state index contributed by atoms with van der Waals surface area (Å²) in [5, 5.41) is 10.1. The quantitative estimate of drug-likeness (QED) is 0.546. The lowest BCUT2D eigenvalue weighted by Crippen LogP contribution is -2.48. The third kappa shape index (κ3) is 5.52. The van der Waals surface area contributed by atoms with E-state index in [9.17, 15) is 22.8 Å². The number of H-pyrrole nitrogens is 1. The van der Waals surface area contributed by atoms with E-state index >= 15 is 0 Å². The lowest BCUT2D eigenvalue weighted by Gasteiger charge is -2.33. The average molecular weight is 477 g/mol. The number of rotatable bonds is 8. The van der Waals surface area contributed by atoms with Crippen LogP contribution in [0.15, 0.2) is 24.3 Å². The molecule has 0 bridgehead atoms. The number of para-hydroxylation sites is 1. The Kier molecular flexibility index (Phi) is 6.96. The number of amides is 2. The molecule has 2 aliphatic rings. The summed E-state index contributed by atoms with van der Waals surface area (Å²) in [6.07, 6.45) is 4.00. The number of fused-ring (bicyclic) bond motifs is 1. The van der Waals surface area contributed by atoms with Crippen LogP contribution in [0.2, 0.25) is 0 Å². The number of nitrogens with zero attached hydrogens (tertiary/aromatic N) is 2. The van der Waals surface area contributed by atoms with Crippen molar-refractivity contribution < 1.29 is 27.5 Å². The van der Waals surface area contributed by atoms with Crippen LogP contribution in [0.25, 0.3) is 10.9 Å². The second kappa shape index (κ2) is 9.90. The van der Waals surface area contributed by atoms with Gasteiger partial charge in [0.1, 0.15) is 0 Å². The number of hydrogen-bond acceptors (Lipinski definition) is 7. The zero-order valence-corrected chi connectivity index (χ0v) is 19.1. The second-order valence-corrected chi connectivity index (χ2v) is 10.8. The highest BCUT2D eigenvalue weighted by Crippen LogP contribution is 2.29. The van der Waals surface area contributed by atoms with E-state index in [1.54, 1.807) is 17.0 Å². The van der Waals surface area contributed by atoms with E-state index < -0.39 is 28.3 Å². The van der Waals surface area contributed by atoms with Crippen LogP contribution in [0.3, 0.4) is 0 Å². The number of hydrogen-bond donors (Lipinski definition) is 2. The average Bonchev–Trinajstić information content (AvgIpc) is 3.53. The molecule has 0 radical (unpaired) electrons. The molecule has 4 rings (SSSR count). The third-order valence-electron chi connectivity index (χ3n) is 6.26. The number of benzene rings is 1. The van der Waals surface area contributed by atoms with E-state index in [1.807, 2.05) is 12.1 Å². The maximum Gasteiger partial charge on any atom is 0.308 e. The summed E-state index contributed by atoms with van der Waals surface area (Å²) in [4.78, 5) is 39.0. The summed E-state index contributed by atoms with van der Waals surface area (Å²) in [6.45, 7) is -0.385. The third-order valence-corrected chi connectivity index (χ3v) is 8.01. The number of sulfone groups is 1. The Balaban J connectivity index is 1.26. The maximum absolute atomic E-state index is 12.9. The molecule has 1 saturated heterocycles. The summed E-state index contributed by atoms with van der Waals surface area (Å²) in [7, 11) is -3.14. The van der Waals surface area contributed by atoms with Gasteiger partial charge < -0.3 is 15.0 Å². The minimum atomic E-state index is -3.14. The second-order valence-electron chi connectivity index (χ2n) is 8.58. The molecule has 2 fully saturated rings. The van der Waals surface area contributed by atoms with Gasteiger partial charge in [0.2, 0.25) is 0 Å². The number of carbonyl (C=O) groups excluding carboxylic acids is 3. The van der Waals surface area contributed by atoms with Crippen molar-refractivity contribution in [2.24, 2.45) is 0 Å². The van der Waals surface area contributed by atoms with E-state index in [0.717, 1.165) is 31.2 Å². The molecule has 178 valence electrons.